The number of amides is 2. The molecule has 1 aliphatic rings. The molecule has 2 N–H and O–H groups in total. The summed E-state index contributed by atoms with van der Waals surface area (Å²) in [4.78, 5) is 33.2. The van der Waals surface area contributed by atoms with Gasteiger partial charge >= 0.3 is 0 Å². The number of thioether (sulfide) groups is 1. The minimum atomic E-state index is -0.340. The van der Waals surface area contributed by atoms with E-state index in [1.807, 2.05) is 0 Å². The van der Waals surface area contributed by atoms with Crippen molar-refractivity contribution < 1.29 is 14.4 Å². The maximum Gasteiger partial charge on any atom is 0.240 e. The number of ketones is 1. The predicted octanol–water partition coefficient (Wildman–Crippen LogP) is -0.688. The molecule has 0 aromatic rings. The van der Waals surface area contributed by atoms with Crippen molar-refractivity contribution in [2.24, 2.45) is 0 Å². The van der Waals surface area contributed by atoms with Gasteiger partial charge in [0.05, 0.1) is 11.3 Å². The summed E-state index contributed by atoms with van der Waals surface area (Å²) in [5.41, 5.74) is 0. The molecule has 0 saturated carbocycles. The van der Waals surface area contributed by atoms with Gasteiger partial charge in [0, 0.05) is 12.2 Å². The number of carbonyl (C=O) groups excluding carboxylic acids is 3. The smallest absolute Gasteiger partial charge is 0.240 e. The predicted molar refractivity (Wildman–Crippen MR) is 57.5 cm³/mol. The van der Waals surface area contributed by atoms with E-state index < -0.39 is 0 Å². The molecule has 6 heteroatoms. The van der Waals surface area contributed by atoms with Gasteiger partial charge in [0.25, 0.3) is 0 Å². The molecule has 1 rings (SSSR count). The van der Waals surface area contributed by atoms with Crippen molar-refractivity contribution in [1.82, 2.24) is 10.6 Å². The summed E-state index contributed by atoms with van der Waals surface area (Å²) in [5, 5.41) is 4.76. The van der Waals surface area contributed by atoms with E-state index >= 15 is 0 Å². The number of rotatable bonds is 5. The molecule has 1 fully saturated rings. The lowest BCUT2D eigenvalue weighted by Crippen LogP contribution is -2.35. The fourth-order valence-electron chi connectivity index (χ4n) is 1.28. The van der Waals surface area contributed by atoms with Gasteiger partial charge in [0.2, 0.25) is 11.8 Å². The Morgan fingerprint density at radius 2 is 2.33 bits per heavy atom. The molecule has 0 aliphatic carbocycles. The second-order valence-electron chi connectivity index (χ2n) is 3.39. The van der Waals surface area contributed by atoms with E-state index in [4.69, 9.17) is 0 Å². The van der Waals surface area contributed by atoms with Crippen molar-refractivity contribution in [3.63, 3.8) is 0 Å². The Labute approximate surface area is 92.4 Å². The average molecular weight is 230 g/mol. The van der Waals surface area contributed by atoms with Crippen LogP contribution in [0.2, 0.25) is 0 Å². The molecule has 1 heterocycles. The normalized spacial score (nSPS) is 22.7. The highest BCUT2D eigenvalue weighted by Gasteiger charge is 2.31. The Hall–Kier alpha value is -0.880. The van der Waals surface area contributed by atoms with Crippen LogP contribution in [-0.2, 0) is 14.4 Å². The minimum Gasteiger partial charge on any atom is -0.310 e. The summed E-state index contributed by atoms with van der Waals surface area (Å²) in [6.45, 7) is 1.50. The van der Waals surface area contributed by atoms with Crippen LogP contribution in [0.1, 0.15) is 13.3 Å². The minimum absolute atomic E-state index is 0.0368. The van der Waals surface area contributed by atoms with Crippen LogP contribution in [0.5, 0.6) is 0 Å². The lowest BCUT2D eigenvalue weighted by Gasteiger charge is -2.13. The van der Waals surface area contributed by atoms with Crippen LogP contribution in [0.25, 0.3) is 0 Å². The van der Waals surface area contributed by atoms with Crippen molar-refractivity contribution in [2.45, 2.75) is 24.6 Å². The number of carbonyl (C=O) groups is 3. The topological polar surface area (TPSA) is 75.3 Å². The maximum atomic E-state index is 11.2. The highest BCUT2D eigenvalue weighted by Crippen LogP contribution is 2.20. The standard InChI is InChI=1S/C9H14N2O3S/c1-5(12)6(10-2)4-15-7-3-8(13)11-9(7)14/h6-7,10H,3-4H2,1-2H3,(H,11,13,14). The molecule has 0 bridgehead atoms. The van der Waals surface area contributed by atoms with E-state index in [1.54, 1.807) is 7.05 Å². The Bertz CT molecular complexity index is 293. The third-order valence-corrected chi connectivity index (χ3v) is 3.54. The molecule has 1 aliphatic heterocycles. The molecule has 84 valence electrons. The number of likely N-dealkylation sites (N-methyl/N-ethyl adjacent to an activating group) is 1. The molecule has 0 aromatic heterocycles. The molecular weight excluding hydrogens is 216 g/mol. The zero-order valence-electron chi connectivity index (χ0n) is 8.70. The van der Waals surface area contributed by atoms with E-state index in [0.29, 0.717) is 5.75 Å². The average Bonchev–Trinajstić information content (AvgIpc) is 2.45. The highest BCUT2D eigenvalue weighted by molar-refractivity contribution is 8.00. The van der Waals surface area contributed by atoms with Crippen LogP contribution < -0.4 is 10.6 Å². The Balaban J connectivity index is 2.39. The molecule has 0 radical (unpaired) electrons. The van der Waals surface area contributed by atoms with Gasteiger partial charge in [0.15, 0.2) is 0 Å². The first-order valence-electron chi connectivity index (χ1n) is 4.67. The lowest BCUT2D eigenvalue weighted by molar-refractivity contribution is -0.124. The second-order valence-corrected chi connectivity index (χ2v) is 4.63. The number of nitrogens with one attached hydrogen (secondary N) is 2. The molecule has 2 unspecified atom stereocenters. The molecule has 15 heavy (non-hydrogen) atoms. The fraction of sp³-hybridized carbons (Fsp3) is 0.667. The molecular formula is C9H14N2O3S. The fourth-order valence-corrected chi connectivity index (χ4v) is 2.59. The summed E-state index contributed by atoms with van der Waals surface area (Å²) in [7, 11) is 1.70. The van der Waals surface area contributed by atoms with Crippen molar-refractivity contribution in [1.29, 1.82) is 0 Å². The summed E-state index contributed by atoms with van der Waals surface area (Å²) in [6, 6.07) is -0.251. The van der Waals surface area contributed by atoms with Gasteiger partial charge < -0.3 is 5.32 Å². The van der Waals surface area contributed by atoms with E-state index in [-0.39, 0.29) is 35.3 Å². The molecule has 0 aromatic carbocycles. The number of imide groups is 1. The van der Waals surface area contributed by atoms with Gasteiger partial charge in [-0.2, -0.15) is 0 Å². The van der Waals surface area contributed by atoms with Crippen LogP contribution in [0.3, 0.4) is 0 Å². The van der Waals surface area contributed by atoms with Gasteiger partial charge in [0.1, 0.15) is 5.78 Å². The summed E-state index contributed by atoms with van der Waals surface area (Å²) in [6.07, 6.45) is 0.220. The van der Waals surface area contributed by atoms with Crippen molar-refractivity contribution >= 4 is 29.4 Å². The Morgan fingerprint density at radius 1 is 1.67 bits per heavy atom. The molecule has 0 spiro atoms. The van der Waals surface area contributed by atoms with Gasteiger partial charge in [-0.15, -0.1) is 11.8 Å². The zero-order chi connectivity index (χ0) is 11.4. The van der Waals surface area contributed by atoms with Crippen LogP contribution in [-0.4, -0.2) is 41.7 Å². The lowest BCUT2D eigenvalue weighted by atomic mass is 10.2. The highest BCUT2D eigenvalue weighted by atomic mass is 32.2. The molecule has 1 saturated heterocycles. The second kappa shape index (κ2) is 5.27. The van der Waals surface area contributed by atoms with E-state index in [9.17, 15) is 14.4 Å². The molecule has 2 amide bonds. The number of hydrogen-bond donors (Lipinski definition) is 2. The van der Waals surface area contributed by atoms with Crippen molar-refractivity contribution in [2.75, 3.05) is 12.8 Å². The zero-order valence-corrected chi connectivity index (χ0v) is 9.52. The van der Waals surface area contributed by atoms with Gasteiger partial charge in [-0.3, -0.25) is 19.7 Å². The SMILES string of the molecule is CNC(CSC1CC(=O)NC1=O)C(C)=O. The van der Waals surface area contributed by atoms with E-state index in [2.05, 4.69) is 10.6 Å². The molecule has 5 nitrogen and oxygen atoms in total. The first-order chi connectivity index (χ1) is 7.04. The maximum absolute atomic E-state index is 11.2. The Kier molecular flexibility index (Phi) is 4.28. The quantitative estimate of drug-likeness (QED) is 0.612. The van der Waals surface area contributed by atoms with Crippen LogP contribution in [0, 0.1) is 0 Å². The number of Topliss-reactive ketones (excluding diaryl/α,β-unsaturated/α-hetero) is 1. The largest absolute Gasteiger partial charge is 0.310 e. The third kappa shape index (κ3) is 3.32. The van der Waals surface area contributed by atoms with E-state index in [0.717, 1.165) is 0 Å². The summed E-state index contributed by atoms with van der Waals surface area (Å²) >= 11 is 1.34. The van der Waals surface area contributed by atoms with Crippen molar-refractivity contribution in [3.05, 3.63) is 0 Å². The van der Waals surface area contributed by atoms with Crippen LogP contribution in [0.15, 0.2) is 0 Å². The van der Waals surface area contributed by atoms with Gasteiger partial charge in [-0.25, -0.2) is 0 Å². The summed E-state index contributed by atoms with van der Waals surface area (Å²) in [5.74, 6) is 0.0662. The van der Waals surface area contributed by atoms with Gasteiger partial charge in [-0.05, 0) is 14.0 Å². The van der Waals surface area contributed by atoms with Gasteiger partial charge in [-0.1, -0.05) is 0 Å². The first-order valence-corrected chi connectivity index (χ1v) is 5.72. The monoisotopic (exact) mass is 230 g/mol. The summed E-state index contributed by atoms with van der Waals surface area (Å²) < 4.78 is 0. The van der Waals surface area contributed by atoms with Crippen molar-refractivity contribution in [3.8, 4) is 0 Å². The van der Waals surface area contributed by atoms with Crippen LogP contribution in [0.4, 0.5) is 0 Å². The number of hydrogen-bond acceptors (Lipinski definition) is 5. The third-order valence-electron chi connectivity index (χ3n) is 2.23. The Morgan fingerprint density at radius 3 is 2.73 bits per heavy atom. The van der Waals surface area contributed by atoms with E-state index in [1.165, 1.54) is 18.7 Å². The molecule has 2 atom stereocenters. The first kappa shape index (κ1) is 12.2. The van der Waals surface area contributed by atoms with Crippen LogP contribution >= 0.6 is 11.8 Å².